The van der Waals surface area contributed by atoms with Gasteiger partial charge >= 0.3 is 0 Å². The van der Waals surface area contributed by atoms with Gasteiger partial charge in [-0.25, -0.2) is 0 Å². The molecule has 0 spiro atoms. The number of likely N-dealkylation sites (N-methyl/N-ethyl adjacent to an activating group) is 1. The van der Waals surface area contributed by atoms with Crippen molar-refractivity contribution in [3.8, 4) is 0 Å². The van der Waals surface area contributed by atoms with Crippen molar-refractivity contribution >= 4 is 5.91 Å². The maximum Gasteiger partial charge on any atom is 0.239 e. The molecule has 1 amide bonds. The lowest BCUT2D eigenvalue weighted by molar-refractivity contribution is -0.133. The van der Waals surface area contributed by atoms with Gasteiger partial charge in [0.1, 0.15) is 0 Å². The molecule has 0 aromatic carbocycles. The molecule has 0 aromatic rings. The van der Waals surface area contributed by atoms with Crippen LogP contribution in [0.15, 0.2) is 0 Å². The largest absolute Gasteiger partial charge is 0.381 e. The first kappa shape index (κ1) is 11.9. The molecule has 1 unspecified atom stereocenters. The van der Waals surface area contributed by atoms with Crippen molar-refractivity contribution in [3.63, 3.8) is 0 Å². The number of carbonyl (C=O) groups excluding carboxylic acids is 1. The van der Waals surface area contributed by atoms with Crippen molar-refractivity contribution in [2.45, 2.75) is 31.7 Å². The van der Waals surface area contributed by atoms with Gasteiger partial charge in [0.15, 0.2) is 0 Å². The zero-order valence-corrected chi connectivity index (χ0v) is 10.0. The van der Waals surface area contributed by atoms with E-state index in [9.17, 15) is 4.79 Å². The minimum Gasteiger partial charge on any atom is -0.381 e. The van der Waals surface area contributed by atoms with Crippen LogP contribution in [0, 0.1) is 11.8 Å². The van der Waals surface area contributed by atoms with E-state index >= 15 is 0 Å². The molecule has 0 aromatic heterocycles. The molecule has 1 saturated heterocycles. The fourth-order valence-electron chi connectivity index (χ4n) is 2.31. The zero-order valence-electron chi connectivity index (χ0n) is 10.0. The van der Waals surface area contributed by atoms with E-state index < -0.39 is 0 Å². The molecule has 2 aliphatic rings. The fraction of sp³-hybridized carbons (Fsp3) is 0.917. The van der Waals surface area contributed by atoms with Crippen LogP contribution in [0.1, 0.15) is 25.7 Å². The number of ether oxygens (including phenoxy) is 1. The lowest BCUT2D eigenvalue weighted by Crippen LogP contribution is -2.48. The van der Waals surface area contributed by atoms with Gasteiger partial charge in [-0.15, -0.1) is 0 Å². The highest BCUT2D eigenvalue weighted by molar-refractivity contribution is 5.81. The molecule has 4 heteroatoms. The predicted molar refractivity (Wildman–Crippen MR) is 61.9 cm³/mol. The Morgan fingerprint density at radius 2 is 2.00 bits per heavy atom. The average Bonchev–Trinajstić information content (AvgIpc) is 3.12. The smallest absolute Gasteiger partial charge is 0.239 e. The Labute approximate surface area is 97.1 Å². The first-order valence-electron chi connectivity index (χ1n) is 6.27. The molecule has 2 rings (SSSR count). The monoisotopic (exact) mass is 226 g/mol. The molecule has 1 aliphatic heterocycles. The van der Waals surface area contributed by atoms with Crippen LogP contribution in [0.4, 0.5) is 0 Å². The van der Waals surface area contributed by atoms with E-state index in [2.05, 4.69) is 0 Å². The normalized spacial score (nSPS) is 24.1. The lowest BCUT2D eigenvalue weighted by atomic mass is 9.91. The summed E-state index contributed by atoms with van der Waals surface area (Å²) in [5.41, 5.74) is 6.04. The van der Waals surface area contributed by atoms with Crippen LogP contribution < -0.4 is 5.73 Å². The highest BCUT2D eigenvalue weighted by Gasteiger charge is 2.31. The summed E-state index contributed by atoms with van der Waals surface area (Å²) in [6.45, 7) is 2.38. The summed E-state index contributed by atoms with van der Waals surface area (Å²) >= 11 is 0. The van der Waals surface area contributed by atoms with Crippen molar-refractivity contribution in [1.82, 2.24) is 4.90 Å². The van der Waals surface area contributed by atoms with Crippen molar-refractivity contribution in [3.05, 3.63) is 0 Å². The van der Waals surface area contributed by atoms with E-state index in [-0.39, 0.29) is 11.9 Å². The van der Waals surface area contributed by atoms with Gasteiger partial charge in [0.05, 0.1) is 6.04 Å². The van der Waals surface area contributed by atoms with Crippen molar-refractivity contribution in [2.24, 2.45) is 17.6 Å². The zero-order chi connectivity index (χ0) is 11.5. The van der Waals surface area contributed by atoms with Crippen LogP contribution in [0.3, 0.4) is 0 Å². The van der Waals surface area contributed by atoms with E-state index in [4.69, 9.17) is 10.5 Å². The van der Waals surface area contributed by atoms with Gasteiger partial charge in [-0.2, -0.15) is 0 Å². The Morgan fingerprint density at radius 3 is 2.56 bits per heavy atom. The number of nitrogens with two attached hydrogens (primary N) is 1. The molecule has 16 heavy (non-hydrogen) atoms. The fourth-order valence-corrected chi connectivity index (χ4v) is 2.31. The minimum absolute atomic E-state index is 0.110. The van der Waals surface area contributed by atoms with Crippen molar-refractivity contribution < 1.29 is 9.53 Å². The first-order valence-corrected chi connectivity index (χ1v) is 6.27. The van der Waals surface area contributed by atoms with Crippen LogP contribution in [0.5, 0.6) is 0 Å². The molecule has 0 radical (unpaired) electrons. The van der Waals surface area contributed by atoms with Gasteiger partial charge in [-0.3, -0.25) is 4.79 Å². The number of rotatable bonds is 4. The van der Waals surface area contributed by atoms with Crippen LogP contribution >= 0.6 is 0 Å². The Balaban J connectivity index is 1.81. The second-order valence-corrected chi connectivity index (χ2v) is 5.14. The molecular weight excluding hydrogens is 204 g/mol. The highest BCUT2D eigenvalue weighted by atomic mass is 16.5. The lowest BCUT2D eigenvalue weighted by Gasteiger charge is -2.29. The summed E-state index contributed by atoms with van der Waals surface area (Å²) in [7, 11) is 1.87. The number of carbonyl (C=O) groups is 1. The number of hydrogen-bond donors (Lipinski definition) is 1. The molecule has 1 atom stereocenters. The molecule has 0 bridgehead atoms. The molecule has 2 fully saturated rings. The summed E-state index contributed by atoms with van der Waals surface area (Å²) < 4.78 is 5.28. The highest BCUT2D eigenvalue weighted by Crippen LogP contribution is 2.29. The Bertz CT molecular complexity index is 247. The van der Waals surface area contributed by atoms with Gasteiger partial charge in [0, 0.05) is 26.8 Å². The Kier molecular flexibility index (Phi) is 3.82. The predicted octanol–water partition coefficient (Wildman–Crippen LogP) is 0.609. The molecular formula is C12H22N2O2. The van der Waals surface area contributed by atoms with E-state index in [1.165, 1.54) is 12.8 Å². The number of hydrogen-bond acceptors (Lipinski definition) is 3. The molecule has 4 nitrogen and oxygen atoms in total. The third-order valence-corrected chi connectivity index (χ3v) is 3.66. The van der Waals surface area contributed by atoms with Gasteiger partial charge in [0.25, 0.3) is 0 Å². The summed E-state index contributed by atoms with van der Waals surface area (Å²) in [4.78, 5) is 13.9. The standard InChI is InChI=1S/C12H22N2O2/c1-14(8-9-2-3-9)12(15)11(13)10-4-6-16-7-5-10/h9-11H,2-8,13H2,1H3. The van der Waals surface area contributed by atoms with E-state index in [1.54, 1.807) is 0 Å². The molecule has 92 valence electrons. The van der Waals surface area contributed by atoms with E-state index in [0.29, 0.717) is 5.92 Å². The quantitative estimate of drug-likeness (QED) is 0.764. The Morgan fingerprint density at radius 1 is 1.38 bits per heavy atom. The van der Waals surface area contributed by atoms with E-state index in [0.717, 1.165) is 38.5 Å². The van der Waals surface area contributed by atoms with Crippen molar-refractivity contribution in [2.75, 3.05) is 26.8 Å². The summed E-state index contributed by atoms with van der Waals surface area (Å²) in [6, 6.07) is -0.326. The van der Waals surface area contributed by atoms with Gasteiger partial charge in [-0.1, -0.05) is 0 Å². The summed E-state index contributed by atoms with van der Waals surface area (Å²) in [6.07, 6.45) is 4.38. The maximum absolute atomic E-state index is 12.1. The number of nitrogens with zero attached hydrogens (tertiary/aromatic N) is 1. The SMILES string of the molecule is CN(CC1CC1)C(=O)C(N)C1CCOCC1. The van der Waals surface area contributed by atoms with E-state index in [1.807, 2.05) is 11.9 Å². The van der Waals surface area contributed by atoms with Crippen LogP contribution in [0.25, 0.3) is 0 Å². The number of amides is 1. The third kappa shape index (κ3) is 2.95. The third-order valence-electron chi connectivity index (χ3n) is 3.66. The van der Waals surface area contributed by atoms with Gasteiger partial charge < -0.3 is 15.4 Å². The summed E-state index contributed by atoms with van der Waals surface area (Å²) in [5, 5.41) is 0. The second kappa shape index (κ2) is 5.15. The Hall–Kier alpha value is -0.610. The molecule has 1 aliphatic carbocycles. The summed E-state index contributed by atoms with van der Waals surface area (Å²) in [5.74, 6) is 1.15. The van der Waals surface area contributed by atoms with Gasteiger partial charge in [-0.05, 0) is 37.5 Å². The van der Waals surface area contributed by atoms with Crippen LogP contribution in [-0.2, 0) is 9.53 Å². The molecule has 2 N–H and O–H groups in total. The van der Waals surface area contributed by atoms with Crippen LogP contribution in [0.2, 0.25) is 0 Å². The second-order valence-electron chi connectivity index (χ2n) is 5.14. The topological polar surface area (TPSA) is 55.6 Å². The molecule has 1 saturated carbocycles. The van der Waals surface area contributed by atoms with Crippen LogP contribution in [-0.4, -0.2) is 43.7 Å². The van der Waals surface area contributed by atoms with Gasteiger partial charge in [0.2, 0.25) is 5.91 Å². The van der Waals surface area contributed by atoms with Crippen molar-refractivity contribution in [1.29, 1.82) is 0 Å². The maximum atomic E-state index is 12.1. The molecule has 1 heterocycles. The minimum atomic E-state index is -0.326. The average molecular weight is 226 g/mol. The first-order chi connectivity index (χ1) is 7.68.